The van der Waals surface area contributed by atoms with Gasteiger partial charge in [0.05, 0.1) is 11.7 Å². The molecule has 1 aliphatic heterocycles. The number of nitrogens with zero attached hydrogens (tertiary/aromatic N) is 3. The fourth-order valence-corrected chi connectivity index (χ4v) is 2.40. The molecule has 1 aromatic carbocycles. The van der Waals surface area contributed by atoms with Gasteiger partial charge in [-0.05, 0) is 18.6 Å². The molecule has 0 saturated carbocycles. The van der Waals surface area contributed by atoms with Crippen molar-refractivity contribution in [2.45, 2.75) is 25.4 Å². The molecule has 21 heavy (non-hydrogen) atoms. The zero-order chi connectivity index (χ0) is 14.8. The van der Waals surface area contributed by atoms with Gasteiger partial charge in [-0.25, -0.2) is 18.8 Å². The third-order valence-corrected chi connectivity index (χ3v) is 3.44. The normalized spacial score (nSPS) is 18.4. The van der Waals surface area contributed by atoms with Crippen molar-refractivity contribution in [2.75, 3.05) is 5.32 Å². The first-order valence-electron chi connectivity index (χ1n) is 6.67. The second kappa shape index (κ2) is 5.51. The first-order valence-corrected chi connectivity index (χ1v) is 6.67. The number of nitrogens with one attached hydrogen (secondary N) is 1. The Balaban J connectivity index is 1.71. The number of hydrogen-bond acceptors (Lipinski definition) is 2. The van der Waals surface area contributed by atoms with Gasteiger partial charge < -0.3 is 15.6 Å². The van der Waals surface area contributed by atoms with Gasteiger partial charge >= 0.3 is 0 Å². The Morgan fingerprint density at radius 2 is 2.29 bits per heavy atom. The van der Waals surface area contributed by atoms with Gasteiger partial charge in [-0.2, -0.15) is 0 Å². The molecule has 2 heterocycles. The molecule has 2 aromatic rings. The quantitative estimate of drug-likeness (QED) is 0.656. The minimum absolute atomic E-state index is 0.0102. The van der Waals surface area contributed by atoms with Crippen molar-refractivity contribution >= 4 is 11.6 Å². The number of hydrogen-bond donors (Lipinski definition) is 2. The third kappa shape index (κ3) is 3.01. The molecule has 0 radical (unpaired) electrons. The van der Waals surface area contributed by atoms with E-state index in [1.54, 1.807) is 6.20 Å². The number of imidazole rings is 1. The van der Waals surface area contributed by atoms with E-state index in [-0.39, 0.29) is 17.7 Å². The number of anilines is 1. The fourth-order valence-electron chi connectivity index (χ4n) is 2.40. The topological polar surface area (TPSA) is 68.2 Å². The molecule has 5 nitrogen and oxygen atoms in total. The minimum Gasteiger partial charge on any atom is -0.370 e. The molecule has 0 spiro atoms. The second-order valence-electron chi connectivity index (χ2n) is 4.95. The van der Waals surface area contributed by atoms with Crippen LogP contribution < -0.4 is 11.1 Å². The van der Waals surface area contributed by atoms with Crippen LogP contribution in [0.4, 0.5) is 14.5 Å². The molecule has 1 atom stereocenters. The van der Waals surface area contributed by atoms with Crippen molar-refractivity contribution in [2.24, 2.45) is 10.7 Å². The van der Waals surface area contributed by atoms with Crippen molar-refractivity contribution < 1.29 is 8.78 Å². The number of nitrogens with two attached hydrogens (primary N) is 1. The van der Waals surface area contributed by atoms with Crippen molar-refractivity contribution in [3.63, 3.8) is 0 Å². The standard InChI is InChI=1S/C14H15F2N5/c15-9-1-2-11(16)12(7-9)20-14(17)19-10-3-5-21-6-4-18-13(21)8-10/h1-2,4,6-7,10H,3,5,8H2,(H3,17,19,20). The van der Waals surface area contributed by atoms with Gasteiger partial charge in [-0.1, -0.05) is 0 Å². The highest BCUT2D eigenvalue weighted by Gasteiger charge is 2.18. The smallest absolute Gasteiger partial charge is 0.193 e. The molecule has 1 unspecified atom stereocenters. The van der Waals surface area contributed by atoms with Crippen molar-refractivity contribution in [1.29, 1.82) is 0 Å². The van der Waals surface area contributed by atoms with Gasteiger partial charge in [0.15, 0.2) is 5.96 Å². The van der Waals surface area contributed by atoms with Crippen LogP contribution in [0, 0.1) is 11.6 Å². The number of benzene rings is 1. The number of aliphatic imine (C=N–C) groups is 1. The lowest BCUT2D eigenvalue weighted by molar-refractivity contribution is 0.465. The van der Waals surface area contributed by atoms with Crippen LogP contribution in [0.5, 0.6) is 0 Å². The van der Waals surface area contributed by atoms with Crippen molar-refractivity contribution in [3.05, 3.63) is 48.1 Å². The molecule has 1 aromatic heterocycles. The summed E-state index contributed by atoms with van der Waals surface area (Å²) in [4.78, 5) is 8.57. The van der Waals surface area contributed by atoms with Crippen LogP contribution in [0.3, 0.4) is 0 Å². The molecule has 0 saturated heterocycles. The molecular formula is C14H15F2N5. The molecule has 3 N–H and O–H groups in total. The Morgan fingerprint density at radius 1 is 1.43 bits per heavy atom. The summed E-state index contributed by atoms with van der Waals surface area (Å²) in [5.41, 5.74) is 5.75. The predicted octanol–water partition coefficient (Wildman–Crippen LogP) is 1.90. The number of fused-ring (bicyclic) bond motifs is 1. The maximum Gasteiger partial charge on any atom is 0.193 e. The number of aryl methyl sites for hydroxylation is 1. The van der Waals surface area contributed by atoms with Gasteiger partial charge in [-0.15, -0.1) is 0 Å². The lowest BCUT2D eigenvalue weighted by Gasteiger charge is -2.20. The molecule has 0 aliphatic carbocycles. The van der Waals surface area contributed by atoms with E-state index >= 15 is 0 Å². The van der Waals surface area contributed by atoms with E-state index in [0.717, 1.165) is 37.0 Å². The van der Waals surface area contributed by atoms with Gasteiger partial charge in [0, 0.05) is 31.4 Å². The van der Waals surface area contributed by atoms with E-state index < -0.39 is 11.6 Å². The van der Waals surface area contributed by atoms with Crippen LogP contribution in [-0.4, -0.2) is 21.6 Å². The van der Waals surface area contributed by atoms with E-state index in [1.165, 1.54) is 0 Å². The lowest BCUT2D eigenvalue weighted by Crippen LogP contribution is -2.29. The average molecular weight is 291 g/mol. The summed E-state index contributed by atoms with van der Waals surface area (Å²) in [7, 11) is 0. The van der Waals surface area contributed by atoms with Crippen LogP contribution in [0.15, 0.2) is 35.6 Å². The highest BCUT2D eigenvalue weighted by Crippen LogP contribution is 2.17. The Morgan fingerprint density at radius 3 is 3.14 bits per heavy atom. The summed E-state index contributed by atoms with van der Waals surface area (Å²) >= 11 is 0. The second-order valence-corrected chi connectivity index (χ2v) is 4.95. The van der Waals surface area contributed by atoms with Gasteiger partial charge in [-0.3, -0.25) is 0 Å². The van der Waals surface area contributed by atoms with E-state index in [1.807, 2.05) is 6.20 Å². The molecule has 3 rings (SSSR count). The summed E-state index contributed by atoms with van der Waals surface area (Å²) < 4.78 is 28.7. The van der Waals surface area contributed by atoms with Crippen LogP contribution in [0.25, 0.3) is 0 Å². The highest BCUT2D eigenvalue weighted by molar-refractivity contribution is 5.92. The van der Waals surface area contributed by atoms with Crippen molar-refractivity contribution in [1.82, 2.24) is 9.55 Å². The number of halogens is 2. The van der Waals surface area contributed by atoms with Gasteiger partial charge in [0.1, 0.15) is 17.5 Å². The predicted molar refractivity (Wildman–Crippen MR) is 75.9 cm³/mol. The monoisotopic (exact) mass is 291 g/mol. The molecule has 0 amide bonds. The SMILES string of the molecule is NC(=NC1CCn2ccnc2C1)Nc1cc(F)ccc1F. The number of rotatable bonds is 2. The Labute approximate surface area is 120 Å². The van der Waals surface area contributed by atoms with Gasteiger partial charge in [0.2, 0.25) is 0 Å². The van der Waals surface area contributed by atoms with E-state index in [2.05, 4.69) is 19.9 Å². The maximum atomic E-state index is 13.5. The van der Waals surface area contributed by atoms with E-state index in [4.69, 9.17) is 5.73 Å². The molecule has 0 bridgehead atoms. The molecule has 1 aliphatic rings. The third-order valence-electron chi connectivity index (χ3n) is 3.44. The number of aromatic nitrogens is 2. The molecular weight excluding hydrogens is 276 g/mol. The van der Waals surface area contributed by atoms with E-state index in [9.17, 15) is 8.78 Å². The largest absolute Gasteiger partial charge is 0.370 e. The Hall–Kier alpha value is -2.44. The fraction of sp³-hybridized carbons (Fsp3) is 0.286. The molecule has 0 fully saturated rings. The molecule has 7 heteroatoms. The Kier molecular flexibility index (Phi) is 3.55. The highest BCUT2D eigenvalue weighted by atomic mass is 19.1. The first-order chi connectivity index (χ1) is 10.1. The van der Waals surface area contributed by atoms with Crippen LogP contribution in [-0.2, 0) is 13.0 Å². The summed E-state index contributed by atoms with van der Waals surface area (Å²) in [6.07, 6.45) is 5.20. The van der Waals surface area contributed by atoms with E-state index in [0.29, 0.717) is 6.42 Å². The average Bonchev–Trinajstić information content (AvgIpc) is 2.90. The van der Waals surface area contributed by atoms with Gasteiger partial charge in [0.25, 0.3) is 0 Å². The first kappa shape index (κ1) is 13.5. The summed E-state index contributed by atoms with van der Waals surface area (Å²) in [5.74, 6) is -0.0793. The van der Waals surface area contributed by atoms with Crippen LogP contribution in [0.2, 0.25) is 0 Å². The molecule has 110 valence electrons. The summed E-state index contributed by atoms with van der Waals surface area (Å²) in [6.45, 7) is 0.825. The lowest BCUT2D eigenvalue weighted by atomic mass is 10.1. The maximum absolute atomic E-state index is 13.5. The summed E-state index contributed by atoms with van der Waals surface area (Å²) in [6, 6.07) is 3.13. The summed E-state index contributed by atoms with van der Waals surface area (Å²) in [5, 5.41) is 2.60. The zero-order valence-corrected chi connectivity index (χ0v) is 11.3. The Bertz CT molecular complexity index is 680. The number of guanidine groups is 1. The van der Waals surface area contributed by atoms with Crippen molar-refractivity contribution in [3.8, 4) is 0 Å². The van der Waals surface area contributed by atoms with Crippen LogP contribution >= 0.6 is 0 Å². The minimum atomic E-state index is -0.575. The zero-order valence-electron chi connectivity index (χ0n) is 11.3. The van der Waals surface area contributed by atoms with Crippen LogP contribution in [0.1, 0.15) is 12.2 Å².